The first-order valence-electron chi connectivity index (χ1n) is 9.03. The third-order valence-electron chi connectivity index (χ3n) is 5.04. The van der Waals surface area contributed by atoms with Crippen LogP contribution in [0.15, 0.2) is 6.07 Å². The summed E-state index contributed by atoms with van der Waals surface area (Å²) in [6, 6.07) is 2.08. The second-order valence-electron chi connectivity index (χ2n) is 7.51. The zero-order valence-electron chi connectivity index (χ0n) is 14.6. The van der Waals surface area contributed by atoms with E-state index in [9.17, 15) is 4.79 Å². The SMILES string of the molecule is CCn1nc(CC(C)C)cc1C(=O)NC1COC2(CCCC2)C1. The normalized spacial score (nSPS) is 23.0. The average molecular weight is 319 g/mol. The summed E-state index contributed by atoms with van der Waals surface area (Å²) >= 11 is 0. The molecule has 1 aromatic rings. The van der Waals surface area contributed by atoms with Gasteiger partial charge in [-0.15, -0.1) is 0 Å². The van der Waals surface area contributed by atoms with Crippen molar-refractivity contribution >= 4 is 5.91 Å². The van der Waals surface area contributed by atoms with Crippen LogP contribution in [0.1, 0.15) is 69.1 Å². The summed E-state index contributed by atoms with van der Waals surface area (Å²) in [5.41, 5.74) is 1.73. The van der Waals surface area contributed by atoms with Crippen LogP contribution in [0.25, 0.3) is 0 Å². The van der Waals surface area contributed by atoms with E-state index in [0.717, 1.165) is 31.4 Å². The molecule has 1 unspecified atom stereocenters. The van der Waals surface area contributed by atoms with Crippen molar-refractivity contribution in [2.75, 3.05) is 6.61 Å². The Kier molecular flexibility index (Phi) is 4.76. The maximum absolute atomic E-state index is 12.7. The zero-order valence-corrected chi connectivity index (χ0v) is 14.6. The molecule has 1 aliphatic carbocycles. The van der Waals surface area contributed by atoms with E-state index in [4.69, 9.17) is 4.74 Å². The first-order valence-corrected chi connectivity index (χ1v) is 9.03. The Morgan fingerprint density at radius 2 is 2.22 bits per heavy atom. The van der Waals surface area contributed by atoms with E-state index in [1.165, 1.54) is 12.8 Å². The Hall–Kier alpha value is -1.36. The van der Waals surface area contributed by atoms with Crippen molar-refractivity contribution in [3.8, 4) is 0 Å². The highest BCUT2D eigenvalue weighted by molar-refractivity contribution is 5.92. The lowest BCUT2D eigenvalue weighted by Crippen LogP contribution is -2.37. The number of nitrogens with zero attached hydrogens (tertiary/aromatic N) is 2. The Balaban J connectivity index is 1.65. The predicted octanol–water partition coefficient (Wildman–Crippen LogP) is 2.93. The van der Waals surface area contributed by atoms with Gasteiger partial charge in [-0.25, -0.2) is 0 Å². The minimum absolute atomic E-state index is 0.0157. The second kappa shape index (κ2) is 6.63. The summed E-state index contributed by atoms with van der Waals surface area (Å²) in [5, 5.41) is 7.72. The van der Waals surface area contributed by atoms with E-state index in [1.54, 1.807) is 0 Å². The molecule has 1 aromatic heterocycles. The fraction of sp³-hybridized carbons (Fsp3) is 0.778. The summed E-state index contributed by atoms with van der Waals surface area (Å²) in [4.78, 5) is 12.7. The van der Waals surface area contributed by atoms with Gasteiger partial charge in [-0.2, -0.15) is 5.10 Å². The summed E-state index contributed by atoms with van der Waals surface area (Å²) in [6.45, 7) is 7.72. The van der Waals surface area contributed by atoms with Crippen LogP contribution in [0, 0.1) is 5.92 Å². The molecule has 128 valence electrons. The highest BCUT2D eigenvalue weighted by Gasteiger charge is 2.43. The topological polar surface area (TPSA) is 56.2 Å². The molecule has 1 amide bonds. The van der Waals surface area contributed by atoms with Crippen molar-refractivity contribution < 1.29 is 9.53 Å². The second-order valence-corrected chi connectivity index (χ2v) is 7.51. The number of aryl methyl sites for hydroxylation is 1. The molecule has 2 heterocycles. The Labute approximate surface area is 138 Å². The molecule has 2 aliphatic rings. The van der Waals surface area contributed by atoms with Crippen LogP contribution in [-0.2, 0) is 17.7 Å². The molecule has 1 N–H and O–H groups in total. The highest BCUT2D eigenvalue weighted by atomic mass is 16.5. The quantitative estimate of drug-likeness (QED) is 0.908. The van der Waals surface area contributed by atoms with Crippen LogP contribution >= 0.6 is 0 Å². The van der Waals surface area contributed by atoms with Gasteiger partial charge in [0.15, 0.2) is 0 Å². The summed E-state index contributed by atoms with van der Waals surface area (Å²) < 4.78 is 7.84. The third-order valence-corrected chi connectivity index (χ3v) is 5.04. The number of ether oxygens (including phenoxy) is 1. The number of carbonyl (C=O) groups excluding carboxylic acids is 1. The highest BCUT2D eigenvalue weighted by Crippen LogP contribution is 2.40. The predicted molar refractivity (Wildman–Crippen MR) is 89.5 cm³/mol. The van der Waals surface area contributed by atoms with Gasteiger partial charge in [0.25, 0.3) is 5.91 Å². The van der Waals surface area contributed by atoms with E-state index in [1.807, 2.05) is 17.7 Å². The fourth-order valence-corrected chi connectivity index (χ4v) is 3.98. The summed E-state index contributed by atoms with van der Waals surface area (Å²) in [7, 11) is 0. The number of carbonyl (C=O) groups is 1. The van der Waals surface area contributed by atoms with Gasteiger partial charge in [-0.05, 0) is 44.6 Å². The van der Waals surface area contributed by atoms with Crippen molar-refractivity contribution in [2.24, 2.45) is 5.92 Å². The lowest BCUT2D eigenvalue weighted by atomic mass is 9.96. The largest absolute Gasteiger partial charge is 0.373 e. The summed E-state index contributed by atoms with van der Waals surface area (Å²) in [6.07, 6.45) is 6.65. The number of nitrogens with one attached hydrogen (secondary N) is 1. The average Bonchev–Trinajstić information content (AvgIpc) is 3.20. The van der Waals surface area contributed by atoms with Crippen LogP contribution in [-0.4, -0.2) is 33.9 Å². The zero-order chi connectivity index (χ0) is 16.4. The van der Waals surface area contributed by atoms with Gasteiger partial charge in [0.1, 0.15) is 5.69 Å². The molecule has 5 heteroatoms. The lowest BCUT2D eigenvalue weighted by Gasteiger charge is -2.21. The molecule has 1 saturated carbocycles. The standard InChI is InChI=1S/C18H29N3O2/c1-4-21-16(10-14(20-21)9-13(2)3)17(22)19-15-11-18(23-12-15)7-5-6-8-18/h10,13,15H,4-9,11-12H2,1-3H3,(H,19,22). The number of rotatable bonds is 5. The Morgan fingerprint density at radius 3 is 2.87 bits per heavy atom. The van der Waals surface area contributed by atoms with Crippen LogP contribution in [0.5, 0.6) is 0 Å². The number of hydrogen-bond acceptors (Lipinski definition) is 3. The van der Waals surface area contributed by atoms with E-state index in [0.29, 0.717) is 24.8 Å². The molecule has 0 radical (unpaired) electrons. The van der Waals surface area contributed by atoms with Crippen LogP contribution < -0.4 is 5.32 Å². The van der Waals surface area contributed by atoms with Crippen LogP contribution in [0.2, 0.25) is 0 Å². The molecule has 5 nitrogen and oxygen atoms in total. The van der Waals surface area contributed by atoms with Crippen LogP contribution in [0.4, 0.5) is 0 Å². The number of hydrogen-bond donors (Lipinski definition) is 1. The minimum atomic E-state index is -0.0157. The molecule has 2 fully saturated rings. The van der Waals surface area contributed by atoms with Crippen molar-refractivity contribution in [1.29, 1.82) is 0 Å². The molecular formula is C18H29N3O2. The minimum Gasteiger partial charge on any atom is -0.373 e. The van der Waals surface area contributed by atoms with Crippen molar-refractivity contribution in [3.63, 3.8) is 0 Å². The van der Waals surface area contributed by atoms with Crippen molar-refractivity contribution in [3.05, 3.63) is 17.5 Å². The van der Waals surface area contributed by atoms with E-state index in [-0.39, 0.29) is 17.6 Å². The fourth-order valence-electron chi connectivity index (χ4n) is 3.98. The third kappa shape index (κ3) is 3.60. The molecule has 3 rings (SSSR count). The first-order chi connectivity index (χ1) is 11.0. The molecule has 1 spiro atoms. The van der Waals surface area contributed by atoms with Crippen LogP contribution in [0.3, 0.4) is 0 Å². The first kappa shape index (κ1) is 16.5. The number of aromatic nitrogens is 2. The van der Waals surface area contributed by atoms with E-state index < -0.39 is 0 Å². The molecule has 1 atom stereocenters. The molecular weight excluding hydrogens is 290 g/mol. The van der Waals surface area contributed by atoms with Gasteiger partial charge < -0.3 is 10.1 Å². The van der Waals surface area contributed by atoms with Gasteiger partial charge >= 0.3 is 0 Å². The molecule has 0 aromatic carbocycles. The molecule has 23 heavy (non-hydrogen) atoms. The van der Waals surface area contributed by atoms with Gasteiger partial charge in [0.2, 0.25) is 0 Å². The van der Waals surface area contributed by atoms with Gasteiger partial charge in [-0.3, -0.25) is 9.48 Å². The van der Waals surface area contributed by atoms with Gasteiger partial charge in [0.05, 0.1) is 23.9 Å². The van der Waals surface area contributed by atoms with Gasteiger partial charge in [0, 0.05) is 6.54 Å². The molecule has 1 saturated heterocycles. The maximum Gasteiger partial charge on any atom is 0.269 e. The number of amides is 1. The maximum atomic E-state index is 12.7. The van der Waals surface area contributed by atoms with Crippen molar-refractivity contribution in [1.82, 2.24) is 15.1 Å². The summed E-state index contributed by atoms with van der Waals surface area (Å²) in [5.74, 6) is 0.523. The van der Waals surface area contributed by atoms with Crippen molar-refractivity contribution in [2.45, 2.75) is 77.5 Å². The van der Waals surface area contributed by atoms with Gasteiger partial charge in [-0.1, -0.05) is 26.7 Å². The Bertz CT molecular complexity index is 559. The monoisotopic (exact) mass is 319 g/mol. The molecule has 1 aliphatic heterocycles. The Morgan fingerprint density at radius 1 is 1.48 bits per heavy atom. The van der Waals surface area contributed by atoms with E-state index in [2.05, 4.69) is 24.3 Å². The lowest BCUT2D eigenvalue weighted by molar-refractivity contribution is 0.00987. The molecule has 0 bridgehead atoms. The van der Waals surface area contributed by atoms with E-state index >= 15 is 0 Å². The smallest absolute Gasteiger partial charge is 0.269 e.